The number of ether oxygens (including phenoxy) is 2. The normalized spacial score (nSPS) is 25.3. The van der Waals surface area contributed by atoms with Crippen LogP contribution in [0.15, 0.2) is 24.4 Å². The highest BCUT2D eigenvalue weighted by atomic mass is 16.5. The smallest absolute Gasteiger partial charge is 0.223 e. The molecule has 3 aliphatic rings. The van der Waals surface area contributed by atoms with Crippen LogP contribution < -0.4 is 4.74 Å². The van der Waals surface area contributed by atoms with Crippen LogP contribution in [-0.2, 0) is 9.53 Å². The van der Waals surface area contributed by atoms with Crippen molar-refractivity contribution in [2.75, 3.05) is 26.3 Å². The Labute approximate surface area is 143 Å². The number of pyridine rings is 1. The van der Waals surface area contributed by atoms with Crippen LogP contribution in [0.3, 0.4) is 0 Å². The lowest BCUT2D eigenvalue weighted by molar-refractivity contribution is -0.189. The molecular weight excluding hydrogens is 304 g/mol. The zero-order valence-electron chi connectivity index (χ0n) is 14.2. The van der Waals surface area contributed by atoms with E-state index in [-0.39, 0.29) is 5.60 Å². The van der Waals surface area contributed by atoms with Crippen molar-refractivity contribution in [1.82, 2.24) is 9.88 Å². The Morgan fingerprint density at radius 2 is 2.17 bits per heavy atom. The van der Waals surface area contributed by atoms with Gasteiger partial charge >= 0.3 is 0 Å². The molecule has 1 aromatic rings. The highest BCUT2D eigenvalue weighted by Gasteiger charge is 2.49. The fourth-order valence-electron chi connectivity index (χ4n) is 3.88. The van der Waals surface area contributed by atoms with Crippen LogP contribution in [0.25, 0.3) is 0 Å². The van der Waals surface area contributed by atoms with E-state index in [2.05, 4.69) is 4.98 Å². The zero-order valence-corrected chi connectivity index (χ0v) is 14.2. The Balaban J connectivity index is 1.21. The summed E-state index contributed by atoms with van der Waals surface area (Å²) in [6.07, 6.45) is 8.13. The van der Waals surface area contributed by atoms with Crippen molar-refractivity contribution in [2.45, 2.75) is 44.1 Å². The molecule has 3 fully saturated rings. The minimum atomic E-state index is -0.0763. The van der Waals surface area contributed by atoms with Gasteiger partial charge in [-0.25, -0.2) is 4.98 Å². The van der Waals surface area contributed by atoms with E-state index in [1.54, 1.807) is 6.20 Å². The number of amides is 1. The highest BCUT2D eigenvalue weighted by Crippen LogP contribution is 2.40. The number of hydrogen-bond acceptors (Lipinski definition) is 4. The van der Waals surface area contributed by atoms with Gasteiger partial charge in [0.1, 0.15) is 5.60 Å². The van der Waals surface area contributed by atoms with Crippen LogP contribution in [0.4, 0.5) is 0 Å². The predicted octanol–water partition coefficient (Wildman–Crippen LogP) is 2.66. The second-order valence-corrected chi connectivity index (χ2v) is 7.59. The first-order valence-corrected chi connectivity index (χ1v) is 9.18. The van der Waals surface area contributed by atoms with Crippen LogP contribution in [0.5, 0.6) is 5.88 Å². The van der Waals surface area contributed by atoms with Crippen molar-refractivity contribution in [1.29, 1.82) is 0 Å². The van der Waals surface area contributed by atoms with E-state index in [0.717, 1.165) is 45.4 Å². The predicted molar refractivity (Wildman–Crippen MR) is 89.7 cm³/mol. The molecule has 1 aliphatic carbocycles. The second kappa shape index (κ2) is 6.71. The SMILES string of the molecule is O=C(CC1CC1)N1CC2(C[C@@H](CCOc3ccccn3)CCO2)C1. The molecule has 24 heavy (non-hydrogen) atoms. The highest BCUT2D eigenvalue weighted by molar-refractivity contribution is 5.78. The fourth-order valence-corrected chi connectivity index (χ4v) is 3.88. The Kier molecular flexibility index (Phi) is 4.44. The first kappa shape index (κ1) is 15.9. The van der Waals surface area contributed by atoms with E-state index in [9.17, 15) is 4.79 Å². The molecule has 1 atom stereocenters. The number of aromatic nitrogens is 1. The van der Waals surface area contributed by atoms with Gasteiger partial charge in [0.2, 0.25) is 11.8 Å². The minimum absolute atomic E-state index is 0.0763. The van der Waals surface area contributed by atoms with Gasteiger partial charge in [0.05, 0.1) is 19.7 Å². The summed E-state index contributed by atoms with van der Waals surface area (Å²) in [6.45, 7) is 3.08. The van der Waals surface area contributed by atoms with Gasteiger partial charge in [-0.1, -0.05) is 6.07 Å². The average molecular weight is 330 g/mol. The molecule has 5 heteroatoms. The summed E-state index contributed by atoms with van der Waals surface area (Å²) < 4.78 is 11.8. The summed E-state index contributed by atoms with van der Waals surface area (Å²) >= 11 is 0. The topological polar surface area (TPSA) is 51.7 Å². The van der Waals surface area contributed by atoms with E-state index in [0.29, 0.717) is 30.2 Å². The quantitative estimate of drug-likeness (QED) is 0.805. The first-order chi connectivity index (χ1) is 11.7. The molecule has 4 rings (SSSR count). The maximum absolute atomic E-state index is 12.2. The van der Waals surface area contributed by atoms with Gasteiger partial charge < -0.3 is 14.4 Å². The van der Waals surface area contributed by atoms with Gasteiger partial charge in [-0.3, -0.25) is 4.79 Å². The molecule has 0 N–H and O–H groups in total. The van der Waals surface area contributed by atoms with Crippen LogP contribution >= 0.6 is 0 Å². The van der Waals surface area contributed by atoms with Crippen LogP contribution in [0.2, 0.25) is 0 Å². The summed E-state index contributed by atoms with van der Waals surface area (Å²) in [5, 5.41) is 0. The van der Waals surface area contributed by atoms with E-state index < -0.39 is 0 Å². The first-order valence-electron chi connectivity index (χ1n) is 9.18. The molecule has 0 aromatic carbocycles. The maximum Gasteiger partial charge on any atom is 0.223 e. The molecule has 0 bridgehead atoms. The number of nitrogens with zero attached hydrogens (tertiary/aromatic N) is 2. The molecule has 0 unspecified atom stereocenters. The summed E-state index contributed by atoms with van der Waals surface area (Å²) in [6, 6.07) is 5.72. The van der Waals surface area contributed by atoms with Crippen molar-refractivity contribution in [3.05, 3.63) is 24.4 Å². The molecule has 3 heterocycles. The van der Waals surface area contributed by atoms with Crippen molar-refractivity contribution in [3.63, 3.8) is 0 Å². The van der Waals surface area contributed by atoms with Gasteiger partial charge in [0.25, 0.3) is 0 Å². The molecule has 1 amide bonds. The zero-order chi connectivity index (χ0) is 16.4. The third kappa shape index (κ3) is 3.72. The van der Waals surface area contributed by atoms with Crippen LogP contribution in [-0.4, -0.2) is 47.7 Å². The van der Waals surface area contributed by atoms with E-state index in [1.165, 1.54) is 12.8 Å². The third-order valence-corrected chi connectivity index (χ3v) is 5.48. The van der Waals surface area contributed by atoms with E-state index in [4.69, 9.17) is 9.47 Å². The number of carbonyl (C=O) groups excluding carboxylic acids is 1. The van der Waals surface area contributed by atoms with Crippen LogP contribution in [0, 0.1) is 11.8 Å². The Bertz CT molecular complexity index is 567. The lowest BCUT2D eigenvalue weighted by Crippen LogP contribution is -2.66. The lowest BCUT2D eigenvalue weighted by Gasteiger charge is -2.53. The standard InChI is InChI=1S/C19H26N2O3/c22-18(11-15-4-5-15)21-13-19(14-21)12-16(7-10-24-19)6-9-23-17-3-1-2-8-20-17/h1-3,8,15-16H,4-7,9-14H2/t16-/m0/s1. The Morgan fingerprint density at radius 1 is 1.29 bits per heavy atom. The number of hydrogen-bond donors (Lipinski definition) is 0. The number of likely N-dealkylation sites (tertiary alicyclic amines) is 1. The van der Waals surface area contributed by atoms with Crippen molar-refractivity contribution < 1.29 is 14.3 Å². The van der Waals surface area contributed by atoms with Gasteiger partial charge in [-0.2, -0.15) is 0 Å². The summed E-state index contributed by atoms with van der Waals surface area (Å²) in [7, 11) is 0. The second-order valence-electron chi connectivity index (χ2n) is 7.59. The third-order valence-electron chi connectivity index (χ3n) is 5.48. The van der Waals surface area contributed by atoms with Crippen LogP contribution in [0.1, 0.15) is 38.5 Å². The Morgan fingerprint density at radius 3 is 2.92 bits per heavy atom. The Hall–Kier alpha value is -1.62. The van der Waals surface area contributed by atoms with Gasteiger partial charge in [0.15, 0.2) is 0 Å². The molecule has 2 saturated heterocycles. The molecule has 1 saturated carbocycles. The fraction of sp³-hybridized carbons (Fsp3) is 0.684. The molecular formula is C19H26N2O3. The molecule has 130 valence electrons. The minimum Gasteiger partial charge on any atom is -0.478 e. The summed E-state index contributed by atoms with van der Waals surface area (Å²) in [4.78, 5) is 18.3. The van der Waals surface area contributed by atoms with E-state index in [1.807, 2.05) is 23.1 Å². The maximum atomic E-state index is 12.2. The van der Waals surface area contributed by atoms with Crippen molar-refractivity contribution >= 4 is 5.91 Å². The number of rotatable bonds is 6. The van der Waals surface area contributed by atoms with Gasteiger partial charge in [0, 0.05) is 25.3 Å². The monoisotopic (exact) mass is 330 g/mol. The lowest BCUT2D eigenvalue weighted by atomic mass is 9.79. The molecule has 2 aliphatic heterocycles. The van der Waals surface area contributed by atoms with Gasteiger partial charge in [-0.15, -0.1) is 0 Å². The summed E-state index contributed by atoms with van der Waals surface area (Å²) in [5.41, 5.74) is -0.0763. The number of carbonyl (C=O) groups is 1. The molecule has 5 nitrogen and oxygen atoms in total. The summed E-state index contributed by atoms with van der Waals surface area (Å²) in [5.74, 6) is 2.30. The van der Waals surface area contributed by atoms with Gasteiger partial charge in [-0.05, 0) is 50.0 Å². The molecule has 0 radical (unpaired) electrons. The van der Waals surface area contributed by atoms with Crippen molar-refractivity contribution in [3.8, 4) is 5.88 Å². The largest absolute Gasteiger partial charge is 0.478 e. The van der Waals surface area contributed by atoms with Crippen molar-refractivity contribution in [2.24, 2.45) is 11.8 Å². The average Bonchev–Trinajstić information content (AvgIpc) is 3.38. The molecule has 1 spiro atoms. The van der Waals surface area contributed by atoms with E-state index >= 15 is 0 Å². The molecule has 1 aromatic heterocycles.